The van der Waals surface area contributed by atoms with Crippen molar-refractivity contribution in [2.24, 2.45) is 5.92 Å². The summed E-state index contributed by atoms with van der Waals surface area (Å²) in [4.78, 5) is 13.6. The number of benzene rings is 1. The molecule has 1 fully saturated rings. The molecule has 1 aliphatic rings. The molecule has 0 radical (unpaired) electrons. The van der Waals surface area contributed by atoms with Crippen molar-refractivity contribution in [1.82, 2.24) is 9.78 Å². The highest BCUT2D eigenvalue weighted by Gasteiger charge is 2.30. The minimum absolute atomic E-state index is 0.0552. The van der Waals surface area contributed by atoms with E-state index < -0.39 is 0 Å². The van der Waals surface area contributed by atoms with E-state index in [-0.39, 0.29) is 11.9 Å². The van der Waals surface area contributed by atoms with Gasteiger partial charge >= 0.3 is 5.97 Å². The molecule has 146 valence electrons. The van der Waals surface area contributed by atoms with Crippen LogP contribution in [0.2, 0.25) is 0 Å². The molecule has 3 rings (SSSR count). The number of aromatic nitrogens is 2. The number of piperidine rings is 1. The number of esters is 1. The number of rotatable bonds is 7. The molecular weight excluding hydrogens is 366 g/mol. The standard InChI is InChI=1S/C19H25N3O4S/c1-3-24-16-9-7-14(8-10-16)17-20-22(19(27)26-17)13-21-11-5-6-15(12-21)18(23)25-4-2/h7-10,15H,3-6,11-13H2,1-2H3/p+1/t15-/m0/s1. The molecule has 0 amide bonds. The Morgan fingerprint density at radius 2 is 2.11 bits per heavy atom. The molecule has 0 saturated carbocycles. The van der Waals surface area contributed by atoms with Crippen LogP contribution in [-0.2, 0) is 16.2 Å². The fourth-order valence-electron chi connectivity index (χ4n) is 3.35. The summed E-state index contributed by atoms with van der Waals surface area (Å²) in [5, 5.41) is 4.52. The molecule has 1 N–H and O–H groups in total. The van der Waals surface area contributed by atoms with E-state index in [0.29, 0.717) is 30.6 Å². The molecule has 2 atom stereocenters. The van der Waals surface area contributed by atoms with Crippen molar-refractivity contribution in [3.8, 4) is 17.2 Å². The number of likely N-dealkylation sites (tertiary alicyclic amines) is 1. The van der Waals surface area contributed by atoms with Crippen molar-refractivity contribution < 1.29 is 23.6 Å². The molecule has 0 bridgehead atoms. The molecule has 2 aromatic rings. The summed E-state index contributed by atoms with van der Waals surface area (Å²) >= 11 is 5.34. The first-order valence-corrected chi connectivity index (χ1v) is 9.83. The summed E-state index contributed by atoms with van der Waals surface area (Å²) in [5.74, 6) is 1.14. The highest BCUT2D eigenvalue weighted by molar-refractivity contribution is 7.71. The fourth-order valence-corrected chi connectivity index (χ4v) is 3.54. The van der Waals surface area contributed by atoms with E-state index in [9.17, 15) is 4.79 Å². The smallest absolute Gasteiger partial charge is 0.314 e. The second kappa shape index (κ2) is 9.14. The largest absolute Gasteiger partial charge is 0.494 e. The Balaban J connectivity index is 1.67. The Labute approximate surface area is 163 Å². The number of ether oxygens (including phenoxy) is 2. The van der Waals surface area contributed by atoms with Gasteiger partial charge in [-0.3, -0.25) is 4.79 Å². The molecule has 1 unspecified atom stereocenters. The molecular formula is C19H26N3O4S+. The van der Waals surface area contributed by atoms with Crippen molar-refractivity contribution >= 4 is 18.2 Å². The van der Waals surface area contributed by atoms with E-state index in [4.69, 9.17) is 26.1 Å². The summed E-state index contributed by atoms with van der Waals surface area (Å²) in [7, 11) is 0. The maximum Gasteiger partial charge on any atom is 0.314 e. The van der Waals surface area contributed by atoms with Crippen molar-refractivity contribution in [3.63, 3.8) is 0 Å². The predicted molar refractivity (Wildman–Crippen MR) is 102 cm³/mol. The van der Waals surface area contributed by atoms with Crippen molar-refractivity contribution in [2.45, 2.75) is 33.4 Å². The first-order chi connectivity index (χ1) is 13.1. The molecule has 8 heteroatoms. The van der Waals surface area contributed by atoms with Gasteiger partial charge in [0.1, 0.15) is 11.7 Å². The second-order valence-electron chi connectivity index (χ2n) is 6.58. The molecule has 7 nitrogen and oxygen atoms in total. The zero-order chi connectivity index (χ0) is 19.2. The van der Waals surface area contributed by atoms with E-state index in [0.717, 1.165) is 37.2 Å². The van der Waals surface area contributed by atoms with Crippen LogP contribution in [0.4, 0.5) is 0 Å². The van der Waals surface area contributed by atoms with Gasteiger partial charge in [-0.05, 0) is 63.2 Å². The van der Waals surface area contributed by atoms with Crippen LogP contribution >= 0.6 is 12.2 Å². The zero-order valence-electron chi connectivity index (χ0n) is 15.8. The maximum atomic E-state index is 12.0. The third-order valence-corrected chi connectivity index (χ3v) is 4.92. The van der Waals surface area contributed by atoms with Gasteiger partial charge in [0.2, 0.25) is 5.89 Å². The first kappa shape index (κ1) is 19.6. The zero-order valence-corrected chi connectivity index (χ0v) is 16.6. The van der Waals surface area contributed by atoms with Crippen LogP contribution in [0.5, 0.6) is 5.75 Å². The number of quaternary nitrogens is 1. The minimum atomic E-state index is -0.103. The van der Waals surface area contributed by atoms with Crippen LogP contribution < -0.4 is 9.64 Å². The lowest BCUT2D eigenvalue weighted by Gasteiger charge is -2.28. The summed E-state index contributed by atoms with van der Waals surface area (Å²) in [5.41, 5.74) is 0.848. The highest BCUT2D eigenvalue weighted by Crippen LogP contribution is 2.21. The van der Waals surface area contributed by atoms with Crippen molar-refractivity contribution in [3.05, 3.63) is 29.1 Å². The topological polar surface area (TPSA) is 70.9 Å². The van der Waals surface area contributed by atoms with Gasteiger partial charge in [-0.15, -0.1) is 5.10 Å². The van der Waals surface area contributed by atoms with Crippen molar-refractivity contribution in [2.75, 3.05) is 26.3 Å². The first-order valence-electron chi connectivity index (χ1n) is 9.42. The van der Waals surface area contributed by atoms with Gasteiger partial charge in [0.05, 0.1) is 26.3 Å². The third-order valence-electron chi connectivity index (χ3n) is 4.63. The van der Waals surface area contributed by atoms with Gasteiger partial charge in [0, 0.05) is 5.56 Å². The molecule has 0 aliphatic carbocycles. The molecule has 0 spiro atoms. The second-order valence-corrected chi connectivity index (χ2v) is 6.93. The van der Waals surface area contributed by atoms with Gasteiger partial charge in [0.15, 0.2) is 6.67 Å². The number of hydrogen-bond acceptors (Lipinski definition) is 6. The van der Waals surface area contributed by atoms with Gasteiger partial charge in [0.25, 0.3) is 4.84 Å². The van der Waals surface area contributed by atoms with Gasteiger partial charge < -0.3 is 18.8 Å². The summed E-state index contributed by atoms with van der Waals surface area (Å²) in [6, 6.07) is 7.58. The Hall–Kier alpha value is -2.19. The summed E-state index contributed by atoms with van der Waals surface area (Å²) in [6.45, 7) is 7.11. The molecule has 1 aliphatic heterocycles. The van der Waals surface area contributed by atoms with Crippen LogP contribution in [0.1, 0.15) is 26.7 Å². The highest BCUT2D eigenvalue weighted by atomic mass is 32.1. The Bertz CT molecular complexity index is 815. The lowest BCUT2D eigenvalue weighted by atomic mass is 9.99. The number of nitrogens with zero attached hydrogens (tertiary/aromatic N) is 2. The lowest BCUT2D eigenvalue weighted by molar-refractivity contribution is -0.930. The molecule has 1 saturated heterocycles. The summed E-state index contributed by atoms with van der Waals surface area (Å²) < 4.78 is 18.0. The van der Waals surface area contributed by atoms with E-state index >= 15 is 0 Å². The Morgan fingerprint density at radius 3 is 2.81 bits per heavy atom. The maximum absolute atomic E-state index is 12.0. The van der Waals surface area contributed by atoms with Crippen LogP contribution in [0.25, 0.3) is 11.5 Å². The minimum Gasteiger partial charge on any atom is -0.494 e. The van der Waals surface area contributed by atoms with Gasteiger partial charge in [-0.25, -0.2) is 0 Å². The van der Waals surface area contributed by atoms with E-state index in [1.54, 1.807) is 4.68 Å². The molecule has 1 aromatic heterocycles. The molecule has 2 heterocycles. The van der Waals surface area contributed by atoms with Gasteiger partial charge in [-0.2, -0.15) is 4.68 Å². The SMILES string of the molecule is CCOC(=O)[C@H]1CCC[NH+](Cn2nc(-c3ccc(OCC)cc3)oc2=S)C1. The van der Waals surface area contributed by atoms with E-state index in [1.165, 1.54) is 4.90 Å². The number of hydrogen-bond donors (Lipinski definition) is 1. The van der Waals surface area contributed by atoms with Crippen LogP contribution in [0.3, 0.4) is 0 Å². The number of carbonyl (C=O) groups excluding carboxylic acids is 1. The lowest BCUT2D eigenvalue weighted by Crippen LogP contribution is -3.13. The molecule has 1 aromatic carbocycles. The summed E-state index contributed by atoms with van der Waals surface area (Å²) in [6.07, 6.45) is 1.86. The average molecular weight is 393 g/mol. The van der Waals surface area contributed by atoms with Crippen LogP contribution in [0, 0.1) is 10.8 Å². The fraction of sp³-hybridized carbons (Fsp3) is 0.526. The van der Waals surface area contributed by atoms with Gasteiger partial charge in [-0.1, -0.05) is 0 Å². The monoisotopic (exact) mass is 392 g/mol. The normalized spacial score (nSPS) is 19.6. The van der Waals surface area contributed by atoms with Crippen molar-refractivity contribution in [1.29, 1.82) is 0 Å². The predicted octanol–water partition coefficient (Wildman–Crippen LogP) is 2.09. The molecule has 27 heavy (non-hydrogen) atoms. The number of carbonyl (C=O) groups is 1. The Kier molecular flexibility index (Phi) is 6.63. The Morgan fingerprint density at radius 1 is 1.33 bits per heavy atom. The number of nitrogens with one attached hydrogen (secondary N) is 1. The average Bonchev–Trinajstić information content (AvgIpc) is 3.03. The third kappa shape index (κ3) is 4.95. The van der Waals surface area contributed by atoms with Crippen LogP contribution in [0.15, 0.2) is 28.7 Å². The quantitative estimate of drug-likeness (QED) is 0.575. The van der Waals surface area contributed by atoms with Crippen LogP contribution in [-0.4, -0.2) is 42.1 Å². The van der Waals surface area contributed by atoms with E-state index in [2.05, 4.69) is 5.10 Å². The van der Waals surface area contributed by atoms with E-state index in [1.807, 2.05) is 38.1 Å².